The number of aromatic nitrogens is 1. The largest absolute Gasteiger partial charge is 0.478 e. The first-order valence-corrected chi connectivity index (χ1v) is 4.87. The van der Waals surface area contributed by atoms with Crippen molar-refractivity contribution in [1.29, 1.82) is 0 Å². The summed E-state index contributed by atoms with van der Waals surface area (Å²) >= 11 is 0. The standard InChI is InChI=1S/C12H10N2O3/c13-9-1-3-10(4-2-9)17-11-5-8(12(15)16)6-14-7-11/h1-7H,13H2,(H,15,16). The third kappa shape index (κ3) is 2.72. The maximum absolute atomic E-state index is 10.7. The molecule has 2 rings (SSSR count). The summed E-state index contributed by atoms with van der Waals surface area (Å²) in [6.45, 7) is 0. The molecule has 0 unspecified atom stereocenters. The lowest BCUT2D eigenvalue weighted by atomic mass is 10.3. The van der Waals surface area contributed by atoms with E-state index in [1.807, 2.05) is 0 Å². The second-order valence-corrected chi connectivity index (χ2v) is 3.39. The third-order valence-corrected chi connectivity index (χ3v) is 2.08. The molecule has 0 saturated carbocycles. The third-order valence-electron chi connectivity index (χ3n) is 2.08. The number of nitrogens with two attached hydrogens (primary N) is 1. The van der Waals surface area contributed by atoms with Crippen molar-refractivity contribution in [3.63, 3.8) is 0 Å². The molecule has 3 N–H and O–H groups in total. The van der Waals surface area contributed by atoms with Crippen LogP contribution >= 0.6 is 0 Å². The van der Waals surface area contributed by atoms with Crippen LogP contribution in [-0.2, 0) is 0 Å². The van der Waals surface area contributed by atoms with Gasteiger partial charge in [0.2, 0.25) is 0 Å². The Morgan fingerprint density at radius 3 is 2.53 bits per heavy atom. The topological polar surface area (TPSA) is 85.4 Å². The number of carboxylic acids is 1. The van der Waals surface area contributed by atoms with E-state index in [1.165, 1.54) is 18.5 Å². The number of carbonyl (C=O) groups is 1. The van der Waals surface area contributed by atoms with E-state index in [-0.39, 0.29) is 5.56 Å². The first-order chi connectivity index (χ1) is 8.15. The van der Waals surface area contributed by atoms with E-state index in [0.29, 0.717) is 17.2 Å². The van der Waals surface area contributed by atoms with Gasteiger partial charge in [-0.3, -0.25) is 4.98 Å². The minimum Gasteiger partial charge on any atom is -0.478 e. The van der Waals surface area contributed by atoms with Crippen LogP contribution in [0.3, 0.4) is 0 Å². The van der Waals surface area contributed by atoms with Gasteiger partial charge in [-0.25, -0.2) is 4.79 Å². The van der Waals surface area contributed by atoms with Crippen molar-refractivity contribution >= 4 is 11.7 Å². The Morgan fingerprint density at radius 1 is 1.18 bits per heavy atom. The average Bonchev–Trinajstić information content (AvgIpc) is 2.32. The molecule has 0 fully saturated rings. The zero-order chi connectivity index (χ0) is 12.3. The Kier molecular flexibility index (Phi) is 2.91. The van der Waals surface area contributed by atoms with Crippen molar-refractivity contribution < 1.29 is 14.6 Å². The van der Waals surface area contributed by atoms with Crippen LogP contribution < -0.4 is 10.5 Å². The van der Waals surface area contributed by atoms with Crippen LogP contribution in [0.25, 0.3) is 0 Å². The summed E-state index contributed by atoms with van der Waals surface area (Å²) in [5.74, 6) is -0.0986. The quantitative estimate of drug-likeness (QED) is 0.789. The average molecular weight is 230 g/mol. The number of hydrogen-bond donors (Lipinski definition) is 2. The Labute approximate surface area is 97.5 Å². The molecule has 1 aromatic carbocycles. The number of aromatic carboxylic acids is 1. The molecule has 1 heterocycles. The number of pyridine rings is 1. The lowest BCUT2D eigenvalue weighted by Crippen LogP contribution is -1.97. The Morgan fingerprint density at radius 2 is 1.88 bits per heavy atom. The van der Waals surface area contributed by atoms with Gasteiger partial charge in [0.05, 0.1) is 11.8 Å². The number of rotatable bonds is 3. The Balaban J connectivity index is 2.21. The van der Waals surface area contributed by atoms with Crippen LogP contribution in [-0.4, -0.2) is 16.1 Å². The van der Waals surface area contributed by atoms with Crippen molar-refractivity contribution in [2.24, 2.45) is 0 Å². The predicted molar refractivity (Wildman–Crippen MR) is 62.1 cm³/mol. The smallest absolute Gasteiger partial charge is 0.337 e. The molecule has 0 aliphatic carbocycles. The molecule has 0 bridgehead atoms. The fourth-order valence-corrected chi connectivity index (χ4v) is 1.26. The molecule has 0 spiro atoms. The SMILES string of the molecule is Nc1ccc(Oc2cncc(C(=O)O)c2)cc1. The van der Waals surface area contributed by atoms with Crippen molar-refractivity contribution in [2.45, 2.75) is 0 Å². The zero-order valence-electron chi connectivity index (χ0n) is 8.83. The molecule has 0 atom stereocenters. The molecule has 86 valence electrons. The zero-order valence-corrected chi connectivity index (χ0v) is 8.83. The molecule has 5 heteroatoms. The second-order valence-electron chi connectivity index (χ2n) is 3.39. The predicted octanol–water partition coefficient (Wildman–Crippen LogP) is 2.15. The van der Waals surface area contributed by atoms with E-state index in [9.17, 15) is 4.79 Å². The van der Waals surface area contributed by atoms with Gasteiger partial charge in [0.1, 0.15) is 11.5 Å². The molecule has 17 heavy (non-hydrogen) atoms. The Hall–Kier alpha value is -2.56. The van der Waals surface area contributed by atoms with E-state index in [4.69, 9.17) is 15.6 Å². The summed E-state index contributed by atoms with van der Waals surface area (Å²) < 4.78 is 5.44. The van der Waals surface area contributed by atoms with Crippen LogP contribution in [0.1, 0.15) is 10.4 Å². The molecule has 0 radical (unpaired) electrons. The van der Waals surface area contributed by atoms with Gasteiger partial charge in [-0.05, 0) is 30.3 Å². The van der Waals surface area contributed by atoms with Crippen molar-refractivity contribution in [2.75, 3.05) is 5.73 Å². The molecular formula is C12H10N2O3. The minimum absolute atomic E-state index is 0.0814. The van der Waals surface area contributed by atoms with E-state index in [2.05, 4.69) is 4.98 Å². The lowest BCUT2D eigenvalue weighted by Gasteiger charge is -2.05. The second kappa shape index (κ2) is 4.52. The first-order valence-electron chi connectivity index (χ1n) is 4.87. The minimum atomic E-state index is -1.04. The van der Waals surface area contributed by atoms with Gasteiger partial charge >= 0.3 is 5.97 Å². The van der Waals surface area contributed by atoms with Crippen LogP contribution in [0.5, 0.6) is 11.5 Å². The van der Waals surface area contributed by atoms with Crippen molar-refractivity contribution in [3.05, 3.63) is 48.3 Å². The van der Waals surface area contributed by atoms with Crippen molar-refractivity contribution in [1.82, 2.24) is 4.98 Å². The lowest BCUT2D eigenvalue weighted by molar-refractivity contribution is 0.0696. The number of ether oxygens (including phenoxy) is 1. The molecule has 2 aromatic rings. The monoisotopic (exact) mass is 230 g/mol. The Bertz CT molecular complexity index is 538. The fourth-order valence-electron chi connectivity index (χ4n) is 1.26. The number of benzene rings is 1. The van der Waals surface area contributed by atoms with E-state index in [0.717, 1.165) is 0 Å². The van der Waals surface area contributed by atoms with Crippen LogP contribution in [0.2, 0.25) is 0 Å². The number of nitrogen functional groups attached to an aromatic ring is 1. The highest BCUT2D eigenvalue weighted by atomic mass is 16.5. The van der Waals surface area contributed by atoms with Crippen LogP contribution in [0, 0.1) is 0 Å². The van der Waals surface area contributed by atoms with Crippen LogP contribution in [0.4, 0.5) is 5.69 Å². The molecular weight excluding hydrogens is 220 g/mol. The number of anilines is 1. The van der Waals surface area contributed by atoms with E-state index in [1.54, 1.807) is 24.3 Å². The maximum Gasteiger partial charge on any atom is 0.337 e. The summed E-state index contributed by atoms with van der Waals surface area (Å²) in [5, 5.41) is 8.80. The van der Waals surface area contributed by atoms with Gasteiger partial charge < -0.3 is 15.6 Å². The summed E-state index contributed by atoms with van der Waals surface area (Å²) in [6.07, 6.45) is 2.71. The molecule has 0 aliphatic heterocycles. The molecule has 0 aliphatic rings. The highest BCUT2D eigenvalue weighted by Crippen LogP contribution is 2.22. The van der Waals surface area contributed by atoms with Crippen molar-refractivity contribution in [3.8, 4) is 11.5 Å². The highest BCUT2D eigenvalue weighted by Gasteiger charge is 2.05. The number of carboxylic acid groups (broad SMARTS) is 1. The summed E-state index contributed by atoms with van der Waals surface area (Å²) in [7, 11) is 0. The van der Waals surface area contributed by atoms with Gasteiger partial charge in [0.25, 0.3) is 0 Å². The van der Waals surface area contributed by atoms with Gasteiger partial charge in [-0.1, -0.05) is 0 Å². The van der Waals surface area contributed by atoms with Gasteiger partial charge in [-0.2, -0.15) is 0 Å². The molecule has 0 amide bonds. The molecule has 5 nitrogen and oxygen atoms in total. The number of nitrogens with zero attached hydrogens (tertiary/aromatic N) is 1. The van der Waals surface area contributed by atoms with Gasteiger partial charge in [0.15, 0.2) is 0 Å². The van der Waals surface area contributed by atoms with Gasteiger partial charge in [-0.15, -0.1) is 0 Å². The highest BCUT2D eigenvalue weighted by molar-refractivity contribution is 5.87. The summed E-state index contributed by atoms with van der Waals surface area (Å²) in [5.41, 5.74) is 6.25. The fraction of sp³-hybridized carbons (Fsp3) is 0. The maximum atomic E-state index is 10.7. The van der Waals surface area contributed by atoms with Crippen LogP contribution in [0.15, 0.2) is 42.7 Å². The summed E-state index contributed by atoms with van der Waals surface area (Å²) in [6, 6.07) is 8.20. The first kappa shape index (κ1) is 10.9. The normalized spacial score (nSPS) is 9.88. The number of hydrogen-bond acceptors (Lipinski definition) is 4. The molecule has 0 saturated heterocycles. The summed E-state index contributed by atoms with van der Waals surface area (Å²) in [4.78, 5) is 14.5. The van der Waals surface area contributed by atoms with E-state index >= 15 is 0 Å². The van der Waals surface area contributed by atoms with E-state index < -0.39 is 5.97 Å². The molecule has 1 aromatic heterocycles. The van der Waals surface area contributed by atoms with Gasteiger partial charge in [0, 0.05) is 11.9 Å².